The molecule has 3 rings (SSSR count). The average molecular weight is 285 g/mol. The van der Waals surface area contributed by atoms with Gasteiger partial charge in [0.25, 0.3) is 0 Å². The van der Waals surface area contributed by atoms with Gasteiger partial charge in [-0.3, -0.25) is 0 Å². The minimum Gasteiger partial charge on any atom is -0.497 e. The molecule has 21 heavy (non-hydrogen) atoms. The molecule has 0 saturated carbocycles. The summed E-state index contributed by atoms with van der Waals surface area (Å²) in [6.07, 6.45) is -0.0838. The number of hydrogen-bond acceptors (Lipinski definition) is 4. The molecule has 1 heterocycles. The van der Waals surface area contributed by atoms with Crippen molar-refractivity contribution in [2.45, 2.75) is 13.0 Å². The Morgan fingerprint density at radius 1 is 1.14 bits per heavy atom. The van der Waals surface area contributed by atoms with E-state index in [9.17, 15) is 0 Å². The zero-order valence-corrected chi connectivity index (χ0v) is 12.5. The van der Waals surface area contributed by atoms with Crippen molar-refractivity contribution in [1.29, 1.82) is 0 Å². The van der Waals surface area contributed by atoms with Crippen LogP contribution in [0.2, 0.25) is 0 Å². The number of nitrogens with one attached hydrogen (secondary N) is 1. The first-order valence-corrected chi connectivity index (χ1v) is 6.95. The Bertz CT molecular complexity index is 654. The van der Waals surface area contributed by atoms with Gasteiger partial charge in [-0.15, -0.1) is 0 Å². The van der Waals surface area contributed by atoms with Gasteiger partial charge in [-0.1, -0.05) is 12.1 Å². The molecule has 1 aliphatic rings. The van der Waals surface area contributed by atoms with E-state index < -0.39 is 0 Å². The summed E-state index contributed by atoms with van der Waals surface area (Å²) in [6.45, 7) is 2.76. The summed E-state index contributed by atoms with van der Waals surface area (Å²) < 4.78 is 16.9. The molecule has 2 aromatic carbocycles. The number of rotatable bonds is 3. The normalized spacial score (nSPS) is 16.4. The number of methoxy groups -OCH3 is 2. The van der Waals surface area contributed by atoms with Crippen LogP contribution in [-0.4, -0.2) is 20.8 Å². The first kappa shape index (κ1) is 13.6. The second-order valence-electron chi connectivity index (χ2n) is 5.05. The van der Waals surface area contributed by atoms with Crippen molar-refractivity contribution < 1.29 is 14.2 Å². The van der Waals surface area contributed by atoms with E-state index in [1.165, 1.54) is 0 Å². The molecule has 4 heteroatoms. The van der Waals surface area contributed by atoms with Gasteiger partial charge in [-0.2, -0.15) is 0 Å². The number of para-hydroxylation sites is 1. The lowest BCUT2D eigenvalue weighted by molar-refractivity contribution is 0.203. The fourth-order valence-corrected chi connectivity index (χ4v) is 2.59. The molecular formula is C17H19NO3. The summed E-state index contributed by atoms with van der Waals surface area (Å²) in [5, 5.41) is 3.42. The number of benzene rings is 2. The molecule has 0 aliphatic carbocycles. The van der Waals surface area contributed by atoms with Crippen molar-refractivity contribution >= 4 is 5.69 Å². The predicted octanol–water partition coefficient (Wildman–Crippen LogP) is 3.56. The third-order valence-electron chi connectivity index (χ3n) is 3.74. The van der Waals surface area contributed by atoms with Crippen molar-refractivity contribution in [2.24, 2.45) is 0 Å². The Morgan fingerprint density at radius 3 is 2.76 bits per heavy atom. The molecule has 1 N–H and O–H groups in total. The Balaban J connectivity index is 1.94. The van der Waals surface area contributed by atoms with E-state index in [0.29, 0.717) is 6.54 Å². The van der Waals surface area contributed by atoms with Gasteiger partial charge < -0.3 is 19.5 Å². The van der Waals surface area contributed by atoms with Crippen LogP contribution in [0, 0.1) is 6.92 Å². The molecule has 1 aliphatic heterocycles. The van der Waals surface area contributed by atoms with Gasteiger partial charge in [-0.05, 0) is 30.7 Å². The van der Waals surface area contributed by atoms with Crippen LogP contribution in [0.15, 0.2) is 36.4 Å². The maximum Gasteiger partial charge on any atom is 0.146 e. The second kappa shape index (κ2) is 5.56. The lowest BCUT2D eigenvalue weighted by Crippen LogP contribution is -2.24. The maximum absolute atomic E-state index is 6.18. The molecule has 0 saturated heterocycles. The Morgan fingerprint density at radius 2 is 2.00 bits per heavy atom. The summed E-state index contributed by atoms with van der Waals surface area (Å²) in [6, 6.07) is 11.9. The molecule has 1 atom stereocenters. The molecule has 0 bridgehead atoms. The zero-order chi connectivity index (χ0) is 14.8. The van der Waals surface area contributed by atoms with Gasteiger partial charge in [0, 0.05) is 11.6 Å². The lowest BCUT2D eigenvalue weighted by atomic mass is 10.0. The van der Waals surface area contributed by atoms with E-state index in [2.05, 4.69) is 5.32 Å². The van der Waals surface area contributed by atoms with Gasteiger partial charge in [0.1, 0.15) is 23.4 Å². The number of anilines is 1. The summed E-state index contributed by atoms with van der Waals surface area (Å²) in [5.74, 6) is 2.46. The molecule has 0 aromatic heterocycles. The second-order valence-corrected chi connectivity index (χ2v) is 5.05. The summed E-state index contributed by atoms with van der Waals surface area (Å²) in [7, 11) is 3.31. The van der Waals surface area contributed by atoms with Crippen molar-refractivity contribution in [3.05, 3.63) is 47.5 Å². The molecule has 0 amide bonds. The summed E-state index contributed by atoms with van der Waals surface area (Å²) in [4.78, 5) is 0. The van der Waals surface area contributed by atoms with E-state index in [1.54, 1.807) is 14.2 Å². The van der Waals surface area contributed by atoms with Crippen LogP contribution in [0.5, 0.6) is 17.2 Å². The van der Waals surface area contributed by atoms with E-state index in [4.69, 9.17) is 14.2 Å². The maximum atomic E-state index is 6.18. The molecule has 2 aromatic rings. The molecule has 0 fully saturated rings. The smallest absolute Gasteiger partial charge is 0.146 e. The predicted molar refractivity (Wildman–Crippen MR) is 82.6 cm³/mol. The first-order chi connectivity index (χ1) is 10.2. The average Bonchev–Trinajstić information content (AvgIpc) is 2.54. The first-order valence-electron chi connectivity index (χ1n) is 6.95. The Hall–Kier alpha value is -2.36. The van der Waals surface area contributed by atoms with E-state index in [-0.39, 0.29) is 6.10 Å². The van der Waals surface area contributed by atoms with Crippen LogP contribution in [0.3, 0.4) is 0 Å². The van der Waals surface area contributed by atoms with Crippen LogP contribution in [-0.2, 0) is 0 Å². The van der Waals surface area contributed by atoms with Crippen molar-refractivity contribution in [3.8, 4) is 17.2 Å². The summed E-state index contributed by atoms with van der Waals surface area (Å²) >= 11 is 0. The topological polar surface area (TPSA) is 39.7 Å². The number of fused-ring (bicyclic) bond motifs is 1. The van der Waals surface area contributed by atoms with Gasteiger partial charge >= 0.3 is 0 Å². The third kappa shape index (κ3) is 2.49. The minimum absolute atomic E-state index is 0.0838. The molecule has 0 spiro atoms. The monoisotopic (exact) mass is 285 g/mol. The highest BCUT2D eigenvalue weighted by atomic mass is 16.5. The highest BCUT2D eigenvalue weighted by molar-refractivity contribution is 5.62. The fourth-order valence-electron chi connectivity index (χ4n) is 2.59. The van der Waals surface area contributed by atoms with Crippen LogP contribution in [0.1, 0.15) is 17.2 Å². The molecule has 4 nitrogen and oxygen atoms in total. The van der Waals surface area contributed by atoms with Gasteiger partial charge in [0.05, 0.1) is 26.5 Å². The molecule has 110 valence electrons. The van der Waals surface area contributed by atoms with E-state index >= 15 is 0 Å². The molecule has 0 radical (unpaired) electrons. The largest absolute Gasteiger partial charge is 0.497 e. The molecular weight excluding hydrogens is 266 g/mol. The van der Waals surface area contributed by atoms with Crippen LogP contribution >= 0.6 is 0 Å². The van der Waals surface area contributed by atoms with Crippen molar-refractivity contribution in [1.82, 2.24) is 0 Å². The zero-order valence-electron chi connectivity index (χ0n) is 12.5. The van der Waals surface area contributed by atoms with Gasteiger partial charge in [-0.25, -0.2) is 0 Å². The highest BCUT2D eigenvalue weighted by Gasteiger charge is 2.24. The van der Waals surface area contributed by atoms with Crippen LogP contribution < -0.4 is 19.5 Å². The third-order valence-corrected chi connectivity index (χ3v) is 3.74. The highest BCUT2D eigenvalue weighted by Crippen LogP contribution is 2.39. The van der Waals surface area contributed by atoms with Crippen LogP contribution in [0.4, 0.5) is 5.69 Å². The number of ether oxygens (including phenoxy) is 3. The Labute approximate surface area is 124 Å². The van der Waals surface area contributed by atoms with Gasteiger partial charge in [0.2, 0.25) is 0 Å². The summed E-state index contributed by atoms with van der Waals surface area (Å²) in [5.41, 5.74) is 3.18. The number of aryl methyl sites for hydroxylation is 1. The quantitative estimate of drug-likeness (QED) is 0.936. The molecule has 1 unspecified atom stereocenters. The van der Waals surface area contributed by atoms with E-state index in [0.717, 1.165) is 34.1 Å². The van der Waals surface area contributed by atoms with Crippen molar-refractivity contribution in [3.63, 3.8) is 0 Å². The number of hydrogen-bond donors (Lipinski definition) is 1. The standard InChI is InChI=1S/C17H19NO3/c1-11-5-4-6-14-17(11)21-16(10-18-14)13-8-7-12(19-2)9-15(13)20-3/h4-9,16,18H,10H2,1-3H3. The SMILES string of the molecule is COc1ccc(C2CNc3cccc(C)c3O2)c(OC)c1. The van der Waals surface area contributed by atoms with Crippen LogP contribution in [0.25, 0.3) is 0 Å². The van der Waals surface area contributed by atoms with Gasteiger partial charge in [0.15, 0.2) is 0 Å². The fraction of sp³-hybridized carbons (Fsp3) is 0.294. The Kier molecular flexibility index (Phi) is 3.60. The van der Waals surface area contributed by atoms with Crippen molar-refractivity contribution in [2.75, 3.05) is 26.1 Å². The minimum atomic E-state index is -0.0838. The van der Waals surface area contributed by atoms with E-state index in [1.807, 2.05) is 43.3 Å². The lowest BCUT2D eigenvalue weighted by Gasteiger charge is -2.29.